The van der Waals surface area contributed by atoms with E-state index in [1.165, 1.54) is 0 Å². The molecule has 0 spiro atoms. The van der Waals surface area contributed by atoms with Crippen molar-refractivity contribution in [2.75, 3.05) is 14.2 Å². The summed E-state index contributed by atoms with van der Waals surface area (Å²) >= 11 is 5.92. The fourth-order valence-corrected chi connectivity index (χ4v) is 1.47. The zero-order chi connectivity index (χ0) is 11.3. The molecule has 1 aromatic rings. The van der Waals surface area contributed by atoms with Gasteiger partial charge in [0.15, 0.2) is 0 Å². The molecule has 15 heavy (non-hydrogen) atoms. The summed E-state index contributed by atoms with van der Waals surface area (Å²) in [6.07, 6.45) is 0.282. The van der Waals surface area contributed by atoms with Gasteiger partial charge in [-0.1, -0.05) is 17.7 Å². The van der Waals surface area contributed by atoms with E-state index in [1.54, 1.807) is 32.4 Å². The Morgan fingerprint density at radius 2 is 2.27 bits per heavy atom. The Labute approximate surface area is 93.5 Å². The summed E-state index contributed by atoms with van der Waals surface area (Å²) in [5.74, 6) is 0.494. The fourth-order valence-electron chi connectivity index (χ4n) is 1.19. The van der Waals surface area contributed by atoms with Crippen LogP contribution in [0.3, 0.4) is 0 Å². The van der Waals surface area contributed by atoms with Crippen molar-refractivity contribution in [3.63, 3.8) is 0 Å². The molecule has 1 rings (SSSR count). The number of ether oxygens (including phenoxy) is 1. The van der Waals surface area contributed by atoms with Crippen LogP contribution in [0.25, 0.3) is 0 Å². The van der Waals surface area contributed by atoms with Crippen molar-refractivity contribution in [1.29, 1.82) is 0 Å². The molecule has 0 aliphatic rings. The Bertz CT molecular complexity index is 355. The summed E-state index contributed by atoms with van der Waals surface area (Å²) in [6, 6.07) is 5.26. The molecule has 4 nitrogen and oxygen atoms in total. The smallest absolute Gasteiger partial charge is 0.238 e. The van der Waals surface area contributed by atoms with Crippen LogP contribution in [0.5, 0.6) is 5.75 Å². The SMILES string of the molecule is CNNC(=O)Cc1ccc(OC)c(Cl)c1. The molecule has 0 aliphatic carbocycles. The summed E-state index contributed by atoms with van der Waals surface area (Å²) < 4.78 is 5.01. The van der Waals surface area contributed by atoms with Crippen molar-refractivity contribution in [3.8, 4) is 5.75 Å². The first-order chi connectivity index (χ1) is 7.17. The van der Waals surface area contributed by atoms with Crippen molar-refractivity contribution in [2.45, 2.75) is 6.42 Å². The van der Waals surface area contributed by atoms with Gasteiger partial charge in [-0.15, -0.1) is 0 Å². The van der Waals surface area contributed by atoms with Crippen LogP contribution in [0.15, 0.2) is 18.2 Å². The van der Waals surface area contributed by atoms with Crippen molar-refractivity contribution in [1.82, 2.24) is 10.9 Å². The third-order valence-corrected chi connectivity index (χ3v) is 2.14. The van der Waals surface area contributed by atoms with Gasteiger partial charge in [-0.25, -0.2) is 5.43 Å². The number of hydrogen-bond acceptors (Lipinski definition) is 3. The first-order valence-corrected chi connectivity index (χ1v) is 4.83. The van der Waals surface area contributed by atoms with Gasteiger partial charge in [0.25, 0.3) is 0 Å². The highest BCUT2D eigenvalue weighted by Crippen LogP contribution is 2.24. The minimum absolute atomic E-state index is 0.112. The minimum Gasteiger partial charge on any atom is -0.495 e. The van der Waals surface area contributed by atoms with Crippen LogP contribution in [-0.4, -0.2) is 20.1 Å². The van der Waals surface area contributed by atoms with E-state index >= 15 is 0 Å². The number of amides is 1. The van der Waals surface area contributed by atoms with E-state index in [2.05, 4.69) is 10.9 Å². The summed E-state index contributed by atoms with van der Waals surface area (Å²) in [6.45, 7) is 0. The number of rotatable bonds is 4. The average molecular weight is 229 g/mol. The Balaban J connectivity index is 2.71. The third-order valence-electron chi connectivity index (χ3n) is 1.85. The summed E-state index contributed by atoms with van der Waals surface area (Å²) in [4.78, 5) is 11.2. The van der Waals surface area contributed by atoms with E-state index < -0.39 is 0 Å². The summed E-state index contributed by atoms with van der Waals surface area (Å²) in [5.41, 5.74) is 5.89. The van der Waals surface area contributed by atoms with Crippen LogP contribution >= 0.6 is 11.6 Å². The second kappa shape index (κ2) is 5.58. The predicted octanol–water partition coefficient (Wildman–Crippen LogP) is 1.14. The van der Waals surface area contributed by atoms with Crippen LogP contribution < -0.4 is 15.6 Å². The molecule has 0 radical (unpaired) electrons. The van der Waals surface area contributed by atoms with E-state index in [0.717, 1.165) is 5.56 Å². The van der Waals surface area contributed by atoms with Crippen LogP contribution in [-0.2, 0) is 11.2 Å². The maximum absolute atomic E-state index is 11.2. The second-order valence-electron chi connectivity index (χ2n) is 2.94. The van der Waals surface area contributed by atoms with Gasteiger partial charge >= 0.3 is 0 Å². The molecule has 0 heterocycles. The van der Waals surface area contributed by atoms with Gasteiger partial charge in [-0.05, 0) is 17.7 Å². The predicted molar refractivity (Wildman–Crippen MR) is 58.9 cm³/mol. The number of hydrogen-bond donors (Lipinski definition) is 2. The van der Waals surface area contributed by atoms with Crippen LogP contribution in [0.1, 0.15) is 5.56 Å². The number of methoxy groups -OCH3 is 1. The molecule has 0 atom stereocenters. The average Bonchev–Trinajstić information content (AvgIpc) is 2.18. The number of carbonyl (C=O) groups is 1. The topological polar surface area (TPSA) is 50.4 Å². The summed E-state index contributed by atoms with van der Waals surface area (Å²) in [7, 11) is 3.19. The standard InChI is InChI=1S/C10H13ClN2O2/c1-12-13-10(14)6-7-3-4-9(15-2)8(11)5-7/h3-5,12H,6H2,1-2H3,(H,13,14). The molecular weight excluding hydrogens is 216 g/mol. The van der Waals surface area contributed by atoms with Crippen LogP contribution in [0.2, 0.25) is 5.02 Å². The molecular formula is C10H13ClN2O2. The lowest BCUT2D eigenvalue weighted by Crippen LogP contribution is -2.35. The Hall–Kier alpha value is -1.26. The first kappa shape index (κ1) is 11.8. The lowest BCUT2D eigenvalue weighted by atomic mass is 10.1. The van der Waals surface area contributed by atoms with Crippen molar-refractivity contribution < 1.29 is 9.53 Å². The maximum Gasteiger partial charge on any atom is 0.238 e. The van der Waals surface area contributed by atoms with Gasteiger partial charge in [0.2, 0.25) is 5.91 Å². The lowest BCUT2D eigenvalue weighted by Gasteiger charge is -2.06. The second-order valence-corrected chi connectivity index (χ2v) is 3.35. The van der Waals surface area contributed by atoms with Gasteiger partial charge in [0.05, 0.1) is 18.6 Å². The van der Waals surface area contributed by atoms with E-state index in [4.69, 9.17) is 16.3 Å². The highest BCUT2D eigenvalue weighted by molar-refractivity contribution is 6.32. The highest BCUT2D eigenvalue weighted by atomic mass is 35.5. The zero-order valence-corrected chi connectivity index (χ0v) is 9.39. The van der Waals surface area contributed by atoms with Crippen LogP contribution in [0, 0.1) is 0 Å². The van der Waals surface area contributed by atoms with Gasteiger partial charge < -0.3 is 4.74 Å². The lowest BCUT2D eigenvalue weighted by molar-refractivity contribution is -0.121. The van der Waals surface area contributed by atoms with Gasteiger partial charge in [-0.2, -0.15) is 0 Å². The number of hydrazine groups is 1. The van der Waals surface area contributed by atoms with E-state index in [-0.39, 0.29) is 12.3 Å². The molecule has 0 fully saturated rings. The summed E-state index contributed by atoms with van der Waals surface area (Å²) in [5, 5.41) is 0.507. The van der Waals surface area contributed by atoms with Gasteiger partial charge in [0.1, 0.15) is 5.75 Å². The fraction of sp³-hybridized carbons (Fsp3) is 0.300. The molecule has 1 amide bonds. The van der Waals surface area contributed by atoms with Crippen molar-refractivity contribution in [3.05, 3.63) is 28.8 Å². The molecule has 1 aromatic carbocycles. The van der Waals surface area contributed by atoms with E-state index in [1.807, 2.05) is 0 Å². The molecule has 2 N–H and O–H groups in total. The monoisotopic (exact) mass is 228 g/mol. The molecule has 5 heteroatoms. The quantitative estimate of drug-likeness (QED) is 0.760. The van der Waals surface area contributed by atoms with Gasteiger partial charge in [-0.3, -0.25) is 10.2 Å². The highest BCUT2D eigenvalue weighted by Gasteiger charge is 2.05. The molecule has 0 saturated carbocycles. The van der Waals surface area contributed by atoms with Crippen LogP contribution in [0.4, 0.5) is 0 Å². The molecule has 0 aromatic heterocycles. The number of nitrogens with one attached hydrogen (secondary N) is 2. The Morgan fingerprint density at radius 1 is 1.53 bits per heavy atom. The number of carbonyl (C=O) groups excluding carboxylic acids is 1. The van der Waals surface area contributed by atoms with Crippen molar-refractivity contribution >= 4 is 17.5 Å². The zero-order valence-electron chi connectivity index (χ0n) is 8.63. The Kier molecular flexibility index (Phi) is 4.39. The third kappa shape index (κ3) is 3.42. The molecule has 0 bridgehead atoms. The normalized spacial score (nSPS) is 9.80. The van der Waals surface area contributed by atoms with Gasteiger partial charge in [0, 0.05) is 7.05 Å². The maximum atomic E-state index is 11.2. The van der Waals surface area contributed by atoms with E-state index in [0.29, 0.717) is 10.8 Å². The van der Waals surface area contributed by atoms with Crippen molar-refractivity contribution in [2.24, 2.45) is 0 Å². The minimum atomic E-state index is -0.112. The molecule has 0 saturated heterocycles. The van der Waals surface area contributed by atoms with E-state index in [9.17, 15) is 4.79 Å². The first-order valence-electron chi connectivity index (χ1n) is 4.45. The number of halogens is 1. The Morgan fingerprint density at radius 3 is 2.80 bits per heavy atom. The molecule has 0 aliphatic heterocycles. The molecule has 82 valence electrons. The largest absolute Gasteiger partial charge is 0.495 e. The number of benzene rings is 1. The molecule has 0 unspecified atom stereocenters.